The van der Waals surface area contributed by atoms with Gasteiger partial charge in [0.15, 0.2) is 5.96 Å². The number of anilines is 1. The highest BCUT2D eigenvalue weighted by atomic mass is 19.1. The SMILES string of the molecule is CCNC(=NCc1ccon1)N[C@H]1CCN(c2ccc(F)cc2F)C1. The normalized spacial score (nSPS) is 17.8. The molecule has 1 aromatic carbocycles. The molecule has 0 unspecified atom stereocenters. The largest absolute Gasteiger partial charge is 0.367 e. The summed E-state index contributed by atoms with van der Waals surface area (Å²) >= 11 is 0. The number of nitrogens with zero attached hydrogens (tertiary/aromatic N) is 3. The number of benzene rings is 1. The fourth-order valence-electron chi connectivity index (χ4n) is 2.83. The van der Waals surface area contributed by atoms with Crippen molar-refractivity contribution in [1.29, 1.82) is 0 Å². The number of guanidine groups is 1. The van der Waals surface area contributed by atoms with Crippen LogP contribution in [0.3, 0.4) is 0 Å². The molecule has 1 fully saturated rings. The van der Waals surface area contributed by atoms with Crippen LogP contribution >= 0.6 is 0 Å². The van der Waals surface area contributed by atoms with E-state index in [-0.39, 0.29) is 6.04 Å². The van der Waals surface area contributed by atoms with E-state index in [2.05, 4.69) is 20.8 Å². The molecule has 134 valence electrons. The van der Waals surface area contributed by atoms with Crippen LogP contribution in [0.5, 0.6) is 0 Å². The number of hydrogen-bond donors (Lipinski definition) is 2. The Bertz CT molecular complexity index is 720. The monoisotopic (exact) mass is 349 g/mol. The van der Waals surface area contributed by atoms with Crippen molar-refractivity contribution in [2.45, 2.75) is 25.9 Å². The molecule has 6 nitrogen and oxygen atoms in total. The van der Waals surface area contributed by atoms with Crippen LogP contribution in [0.1, 0.15) is 19.0 Å². The van der Waals surface area contributed by atoms with E-state index in [0.717, 1.165) is 24.7 Å². The molecule has 2 heterocycles. The minimum absolute atomic E-state index is 0.125. The highest BCUT2D eigenvalue weighted by Gasteiger charge is 2.25. The molecule has 1 aliphatic rings. The minimum atomic E-state index is -0.565. The van der Waals surface area contributed by atoms with E-state index < -0.39 is 11.6 Å². The smallest absolute Gasteiger partial charge is 0.191 e. The highest BCUT2D eigenvalue weighted by molar-refractivity contribution is 5.80. The third kappa shape index (κ3) is 4.46. The van der Waals surface area contributed by atoms with Crippen LogP contribution < -0.4 is 15.5 Å². The van der Waals surface area contributed by atoms with E-state index in [1.807, 2.05) is 11.8 Å². The van der Waals surface area contributed by atoms with Gasteiger partial charge in [0, 0.05) is 37.8 Å². The Morgan fingerprint density at radius 3 is 3.00 bits per heavy atom. The van der Waals surface area contributed by atoms with Crippen molar-refractivity contribution < 1.29 is 13.3 Å². The second-order valence-electron chi connectivity index (χ2n) is 5.86. The fourth-order valence-corrected chi connectivity index (χ4v) is 2.83. The Balaban J connectivity index is 1.61. The third-order valence-electron chi connectivity index (χ3n) is 4.01. The standard InChI is InChI=1S/C17H21F2N5O/c1-2-20-17(21-10-13-6-8-25-23-13)22-14-5-7-24(11-14)16-4-3-12(18)9-15(16)19/h3-4,6,8-9,14H,2,5,7,10-11H2,1H3,(H2,20,21,22)/t14-/m0/s1. The average molecular weight is 349 g/mol. The maximum atomic E-state index is 13.9. The van der Waals surface area contributed by atoms with Crippen molar-refractivity contribution >= 4 is 11.6 Å². The summed E-state index contributed by atoms with van der Waals surface area (Å²) in [7, 11) is 0. The van der Waals surface area contributed by atoms with Crippen molar-refractivity contribution in [1.82, 2.24) is 15.8 Å². The van der Waals surface area contributed by atoms with Gasteiger partial charge >= 0.3 is 0 Å². The highest BCUT2D eigenvalue weighted by Crippen LogP contribution is 2.24. The summed E-state index contributed by atoms with van der Waals surface area (Å²) in [5, 5.41) is 10.4. The van der Waals surface area contributed by atoms with Crippen LogP contribution in [0.4, 0.5) is 14.5 Å². The van der Waals surface area contributed by atoms with Crippen molar-refractivity contribution in [3.8, 4) is 0 Å². The molecule has 1 aliphatic heterocycles. The molecular weight excluding hydrogens is 328 g/mol. The minimum Gasteiger partial charge on any atom is -0.367 e. The molecule has 3 rings (SSSR count). The van der Waals surface area contributed by atoms with Crippen LogP contribution in [-0.4, -0.2) is 36.8 Å². The maximum Gasteiger partial charge on any atom is 0.191 e. The second-order valence-corrected chi connectivity index (χ2v) is 5.86. The zero-order valence-corrected chi connectivity index (χ0v) is 14.0. The molecule has 1 saturated heterocycles. The zero-order chi connectivity index (χ0) is 17.6. The summed E-state index contributed by atoms with van der Waals surface area (Å²) in [6, 6.07) is 5.57. The number of hydrogen-bond acceptors (Lipinski definition) is 4. The van der Waals surface area contributed by atoms with Gasteiger partial charge in [-0.05, 0) is 25.5 Å². The molecule has 2 aromatic rings. The molecule has 25 heavy (non-hydrogen) atoms. The molecule has 0 saturated carbocycles. The van der Waals surface area contributed by atoms with Gasteiger partial charge in [0.05, 0.1) is 12.2 Å². The lowest BCUT2D eigenvalue weighted by Gasteiger charge is -2.20. The summed E-state index contributed by atoms with van der Waals surface area (Å²) in [6.07, 6.45) is 2.35. The first-order valence-corrected chi connectivity index (χ1v) is 8.30. The van der Waals surface area contributed by atoms with Crippen molar-refractivity contribution in [2.24, 2.45) is 4.99 Å². The summed E-state index contributed by atoms with van der Waals surface area (Å²) in [6.45, 7) is 4.45. The van der Waals surface area contributed by atoms with E-state index in [0.29, 0.717) is 31.3 Å². The van der Waals surface area contributed by atoms with Gasteiger partial charge in [-0.25, -0.2) is 13.8 Å². The lowest BCUT2D eigenvalue weighted by Crippen LogP contribution is -2.44. The lowest BCUT2D eigenvalue weighted by atomic mass is 10.2. The second kappa shape index (κ2) is 7.96. The zero-order valence-electron chi connectivity index (χ0n) is 14.0. The maximum absolute atomic E-state index is 13.9. The predicted molar refractivity (Wildman–Crippen MR) is 91.4 cm³/mol. The van der Waals surface area contributed by atoms with Crippen molar-refractivity contribution in [2.75, 3.05) is 24.5 Å². The first kappa shape index (κ1) is 17.2. The Morgan fingerprint density at radius 1 is 1.40 bits per heavy atom. The first-order chi connectivity index (χ1) is 12.2. The average Bonchev–Trinajstić information content (AvgIpc) is 3.24. The van der Waals surface area contributed by atoms with Crippen LogP contribution in [0, 0.1) is 11.6 Å². The molecule has 1 atom stereocenters. The van der Waals surface area contributed by atoms with Crippen molar-refractivity contribution in [3.63, 3.8) is 0 Å². The molecule has 2 N–H and O–H groups in total. The van der Waals surface area contributed by atoms with E-state index >= 15 is 0 Å². The molecule has 0 bridgehead atoms. The summed E-state index contributed by atoms with van der Waals surface area (Å²) in [5.41, 5.74) is 1.17. The number of nitrogens with one attached hydrogen (secondary N) is 2. The Morgan fingerprint density at radius 2 is 2.28 bits per heavy atom. The van der Waals surface area contributed by atoms with Crippen molar-refractivity contribution in [3.05, 3.63) is 47.9 Å². The molecule has 0 amide bonds. The van der Waals surface area contributed by atoms with Gasteiger partial charge in [-0.3, -0.25) is 0 Å². The molecule has 0 aliphatic carbocycles. The molecular formula is C17H21F2N5O. The topological polar surface area (TPSA) is 65.7 Å². The first-order valence-electron chi connectivity index (χ1n) is 8.30. The van der Waals surface area contributed by atoms with Crippen LogP contribution in [0.15, 0.2) is 40.0 Å². The lowest BCUT2D eigenvalue weighted by molar-refractivity contribution is 0.412. The Kier molecular flexibility index (Phi) is 5.47. The summed E-state index contributed by atoms with van der Waals surface area (Å²) < 4.78 is 31.8. The number of halogens is 2. The molecule has 0 radical (unpaired) electrons. The fraction of sp³-hybridized carbons (Fsp3) is 0.412. The van der Waals surface area contributed by atoms with Gasteiger partial charge in [-0.1, -0.05) is 5.16 Å². The third-order valence-corrected chi connectivity index (χ3v) is 4.01. The Hall–Kier alpha value is -2.64. The van der Waals surface area contributed by atoms with Crippen LogP contribution in [-0.2, 0) is 6.54 Å². The van der Waals surface area contributed by atoms with E-state index in [4.69, 9.17) is 4.52 Å². The van der Waals surface area contributed by atoms with Gasteiger partial charge in [-0.2, -0.15) is 0 Å². The van der Waals surface area contributed by atoms with Gasteiger partial charge < -0.3 is 20.1 Å². The quantitative estimate of drug-likeness (QED) is 0.640. The molecule has 1 aromatic heterocycles. The van der Waals surface area contributed by atoms with Crippen LogP contribution in [0.2, 0.25) is 0 Å². The van der Waals surface area contributed by atoms with Gasteiger partial charge in [0.1, 0.15) is 23.6 Å². The Labute approximate surface area is 144 Å². The predicted octanol–water partition coefficient (Wildman–Crippen LogP) is 2.29. The van der Waals surface area contributed by atoms with E-state index in [1.165, 1.54) is 18.4 Å². The summed E-state index contributed by atoms with van der Waals surface area (Å²) in [4.78, 5) is 6.39. The van der Waals surface area contributed by atoms with E-state index in [9.17, 15) is 8.78 Å². The number of rotatable bonds is 5. The number of aliphatic imine (C=N–C) groups is 1. The number of aromatic nitrogens is 1. The van der Waals surface area contributed by atoms with Gasteiger partial charge in [0.25, 0.3) is 0 Å². The molecule has 8 heteroatoms. The van der Waals surface area contributed by atoms with Gasteiger partial charge in [0.2, 0.25) is 0 Å². The molecule has 0 spiro atoms. The van der Waals surface area contributed by atoms with Gasteiger partial charge in [-0.15, -0.1) is 0 Å². The van der Waals surface area contributed by atoms with E-state index in [1.54, 1.807) is 6.07 Å². The summed E-state index contributed by atoms with van der Waals surface area (Å²) in [5.74, 6) is -0.422. The van der Waals surface area contributed by atoms with Crippen LogP contribution in [0.25, 0.3) is 0 Å².